The minimum Gasteiger partial charge on any atom is -0.400 e. The predicted molar refractivity (Wildman–Crippen MR) is 94.5 cm³/mol. The van der Waals surface area contributed by atoms with Crippen molar-refractivity contribution in [1.82, 2.24) is 5.32 Å². The highest BCUT2D eigenvalue weighted by atomic mass is 19.1. The molecule has 5 nitrogen and oxygen atoms in total. The third-order valence-electron chi connectivity index (χ3n) is 4.59. The fourth-order valence-electron chi connectivity index (χ4n) is 2.37. The van der Waals surface area contributed by atoms with Crippen molar-refractivity contribution in [2.75, 3.05) is 6.54 Å². The van der Waals surface area contributed by atoms with E-state index in [1.807, 2.05) is 27.7 Å². The first-order valence-electron chi connectivity index (χ1n) is 8.11. The van der Waals surface area contributed by atoms with Crippen molar-refractivity contribution in [3.63, 3.8) is 0 Å². The number of hydrogen-bond acceptors (Lipinski definition) is 4. The lowest BCUT2D eigenvalue weighted by Crippen LogP contribution is -2.41. The number of hydrogen-bond donors (Lipinski definition) is 1. The Bertz CT molecular complexity index is 699. The fraction of sp³-hybridized carbons (Fsp3) is 0.444. The molecule has 7 heteroatoms. The Morgan fingerprint density at radius 2 is 1.84 bits per heavy atom. The number of aldehydes is 1. The molecule has 0 radical (unpaired) electrons. The zero-order valence-corrected chi connectivity index (χ0v) is 15.2. The number of benzene rings is 1. The van der Waals surface area contributed by atoms with Gasteiger partial charge in [-0.05, 0) is 51.4 Å². The number of amides is 1. The Morgan fingerprint density at radius 3 is 2.36 bits per heavy atom. The normalized spacial score (nSPS) is 19.0. The molecule has 1 fully saturated rings. The SMILES string of the molecule is CC(=O)NCC(=Cc1cc(C=O)ccc1F)B1OC(C)(C)C(C)(C)O1. The zero-order valence-electron chi connectivity index (χ0n) is 15.2. The highest BCUT2D eigenvalue weighted by Gasteiger charge is 2.52. The number of nitrogens with one attached hydrogen (secondary N) is 1. The third kappa shape index (κ3) is 4.35. The first-order valence-corrected chi connectivity index (χ1v) is 8.11. The van der Waals surface area contributed by atoms with E-state index in [1.165, 1.54) is 25.1 Å². The summed E-state index contributed by atoms with van der Waals surface area (Å²) in [5.74, 6) is -0.688. The van der Waals surface area contributed by atoms with E-state index in [4.69, 9.17) is 9.31 Å². The van der Waals surface area contributed by atoms with E-state index in [0.29, 0.717) is 17.3 Å². The Kier molecular flexibility index (Phi) is 5.49. The molecule has 134 valence electrons. The Morgan fingerprint density at radius 1 is 1.24 bits per heavy atom. The first-order chi connectivity index (χ1) is 11.6. The summed E-state index contributed by atoms with van der Waals surface area (Å²) >= 11 is 0. The summed E-state index contributed by atoms with van der Waals surface area (Å²) in [5, 5.41) is 2.69. The molecule has 1 amide bonds. The molecule has 2 rings (SSSR count). The van der Waals surface area contributed by atoms with Crippen LogP contribution in [0.3, 0.4) is 0 Å². The van der Waals surface area contributed by atoms with Gasteiger partial charge in [0.1, 0.15) is 12.1 Å². The summed E-state index contributed by atoms with van der Waals surface area (Å²) in [4.78, 5) is 22.2. The van der Waals surface area contributed by atoms with Gasteiger partial charge in [0.2, 0.25) is 5.91 Å². The minimum absolute atomic E-state index is 0.150. The van der Waals surface area contributed by atoms with Crippen molar-refractivity contribution in [3.05, 3.63) is 40.6 Å². The van der Waals surface area contributed by atoms with Crippen LogP contribution < -0.4 is 5.32 Å². The summed E-state index contributed by atoms with van der Waals surface area (Å²) in [5.41, 5.74) is 0.0442. The van der Waals surface area contributed by atoms with Gasteiger partial charge < -0.3 is 14.6 Å². The van der Waals surface area contributed by atoms with Gasteiger partial charge in [-0.15, -0.1) is 0 Å². The first kappa shape index (κ1) is 19.3. The smallest absolute Gasteiger partial charge is 0.400 e. The van der Waals surface area contributed by atoms with Crippen LogP contribution in [0.4, 0.5) is 4.39 Å². The van der Waals surface area contributed by atoms with Crippen molar-refractivity contribution in [1.29, 1.82) is 0 Å². The van der Waals surface area contributed by atoms with Crippen LogP contribution in [0.5, 0.6) is 0 Å². The molecule has 1 aliphatic heterocycles. The van der Waals surface area contributed by atoms with E-state index < -0.39 is 24.1 Å². The molecule has 0 bridgehead atoms. The molecule has 0 saturated carbocycles. The second-order valence-electron chi connectivity index (χ2n) is 7.12. The lowest BCUT2D eigenvalue weighted by molar-refractivity contribution is -0.118. The monoisotopic (exact) mass is 347 g/mol. The maximum Gasteiger partial charge on any atom is 0.492 e. The van der Waals surface area contributed by atoms with Crippen LogP contribution in [0.2, 0.25) is 0 Å². The predicted octanol–water partition coefficient (Wildman–Crippen LogP) is 2.79. The van der Waals surface area contributed by atoms with Crippen LogP contribution in [-0.4, -0.2) is 37.1 Å². The van der Waals surface area contributed by atoms with Gasteiger partial charge in [0, 0.05) is 24.6 Å². The van der Waals surface area contributed by atoms with E-state index in [2.05, 4.69) is 5.32 Å². The van der Waals surface area contributed by atoms with Gasteiger partial charge in [-0.2, -0.15) is 0 Å². The summed E-state index contributed by atoms with van der Waals surface area (Å²) in [7, 11) is -0.726. The standard InChI is InChI=1S/C18H23BFNO4/c1-12(23)21-10-15(19-24-17(2,3)18(4,5)25-19)9-14-8-13(11-22)6-7-16(14)20/h6-9,11H,10H2,1-5H3,(H,21,23). The number of halogens is 1. The molecule has 0 atom stereocenters. The number of carbonyl (C=O) groups excluding carboxylic acids is 2. The maximum absolute atomic E-state index is 14.1. The van der Waals surface area contributed by atoms with Gasteiger partial charge >= 0.3 is 7.12 Å². The largest absolute Gasteiger partial charge is 0.492 e. The van der Waals surface area contributed by atoms with E-state index in [-0.39, 0.29) is 18.0 Å². The second kappa shape index (κ2) is 7.10. The van der Waals surface area contributed by atoms with Gasteiger partial charge in [0.15, 0.2) is 0 Å². The van der Waals surface area contributed by atoms with Gasteiger partial charge in [0.05, 0.1) is 11.2 Å². The molecule has 1 aromatic rings. The molecule has 0 spiro atoms. The van der Waals surface area contributed by atoms with E-state index >= 15 is 0 Å². The van der Waals surface area contributed by atoms with Crippen molar-refractivity contribution in [2.45, 2.75) is 45.8 Å². The summed E-state index contributed by atoms with van der Waals surface area (Å²) in [6.45, 7) is 9.20. The quantitative estimate of drug-likeness (QED) is 0.657. The summed E-state index contributed by atoms with van der Waals surface area (Å²) < 4.78 is 26.1. The Balaban J connectivity index is 2.40. The van der Waals surface area contributed by atoms with Gasteiger partial charge in [-0.3, -0.25) is 9.59 Å². The van der Waals surface area contributed by atoms with Crippen LogP contribution in [0.15, 0.2) is 23.7 Å². The molecule has 0 aliphatic carbocycles. The highest BCUT2D eigenvalue weighted by Crippen LogP contribution is 2.38. The van der Waals surface area contributed by atoms with Gasteiger partial charge in [-0.1, -0.05) is 6.08 Å². The number of carbonyl (C=O) groups is 2. The average Bonchev–Trinajstić information content (AvgIpc) is 2.73. The van der Waals surface area contributed by atoms with Crippen LogP contribution >= 0.6 is 0 Å². The summed E-state index contributed by atoms with van der Waals surface area (Å²) in [6.07, 6.45) is 2.21. The molecule has 1 N–H and O–H groups in total. The van der Waals surface area contributed by atoms with E-state index in [9.17, 15) is 14.0 Å². The summed E-state index contributed by atoms with van der Waals surface area (Å²) in [6, 6.07) is 4.08. The lowest BCUT2D eigenvalue weighted by Gasteiger charge is -2.32. The molecular formula is C18H23BFNO4. The maximum atomic E-state index is 14.1. The molecule has 0 unspecified atom stereocenters. The lowest BCUT2D eigenvalue weighted by atomic mass is 9.77. The van der Waals surface area contributed by atoms with Crippen molar-refractivity contribution in [3.8, 4) is 0 Å². The van der Waals surface area contributed by atoms with Gasteiger partial charge in [0.25, 0.3) is 0 Å². The number of rotatable bonds is 5. The van der Waals surface area contributed by atoms with Crippen LogP contribution in [0, 0.1) is 5.82 Å². The highest BCUT2D eigenvalue weighted by molar-refractivity contribution is 6.56. The van der Waals surface area contributed by atoms with Crippen molar-refractivity contribution < 1.29 is 23.3 Å². The molecule has 1 aliphatic rings. The Hall–Kier alpha value is -1.99. The van der Waals surface area contributed by atoms with Gasteiger partial charge in [-0.25, -0.2) is 4.39 Å². The van der Waals surface area contributed by atoms with Crippen molar-refractivity contribution >= 4 is 25.4 Å². The molecular weight excluding hydrogens is 324 g/mol. The average molecular weight is 347 g/mol. The molecule has 1 heterocycles. The molecule has 25 heavy (non-hydrogen) atoms. The molecule has 0 aromatic heterocycles. The topological polar surface area (TPSA) is 64.6 Å². The van der Waals surface area contributed by atoms with Crippen LogP contribution in [0.25, 0.3) is 6.08 Å². The Labute approximate surface area is 147 Å². The van der Waals surface area contributed by atoms with E-state index in [1.54, 1.807) is 6.08 Å². The second-order valence-corrected chi connectivity index (χ2v) is 7.12. The van der Waals surface area contributed by atoms with Crippen LogP contribution in [0.1, 0.15) is 50.5 Å². The molecule has 1 aromatic carbocycles. The molecule has 1 saturated heterocycles. The van der Waals surface area contributed by atoms with Crippen LogP contribution in [-0.2, 0) is 14.1 Å². The van der Waals surface area contributed by atoms with Crippen molar-refractivity contribution in [2.24, 2.45) is 0 Å². The third-order valence-corrected chi connectivity index (χ3v) is 4.59. The zero-order chi connectivity index (χ0) is 18.8. The van der Waals surface area contributed by atoms with E-state index in [0.717, 1.165) is 0 Å². The fourth-order valence-corrected chi connectivity index (χ4v) is 2.37. The minimum atomic E-state index is -0.726.